The average molecular weight is 278 g/mol. The first-order chi connectivity index (χ1) is 9.65. The van der Waals surface area contributed by atoms with Gasteiger partial charge in [-0.3, -0.25) is 9.69 Å². The van der Waals surface area contributed by atoms with Crippen molar-refractivity contribution in [2.75, 3.05) is 18.8 Å². The number of hydrogen-bond donors (Lipinski definition) is 2. The Labute approximate surface area is 117 Å². The van der Waals surface area contributed by atoms with E-state index in [9.17, 15) is 9.18 Å². The molecule has 0 bridgehead atoms. The standard InChI is InChI=1S/C14H19FN4O/c15-9-7-10(13(16)17-8-9)14(20)18-11-4-6-19-5-2-1-3-12(11)19/h7-8,11-12H,1-6H2,(H2,16,17)(H,18,20). The molecular weight excluding hydrogens is 259 g/mol. The molecule has 108 valence electrons. The Morgan fingerprint density at radius 3 is 3.10 bits per heavy atom. The van der Waals surface area contributed by atoms with Crippen LogP contribution in [0.2, 0.25) is 0 Å². The minimum absolute atomic E-state index is 0.0717. The molecule has 5 nitrogen and oxygen atoms in total. The molecule has 0 saturated carbocycles. The summed E-state index contributed by atoms with van der Waals surface area (Å²) >= 11 is 0. The van der Waals surface area contributed by atoms with E-state index in [0.717, 1.165) is 38.2 Å². The Morgan fingerprint density at radius 1 is 1.40 bits per heavy atom. The summed E-state index contributed by atoms with van der Waals surface area (Å²) in [6.07, 6.45) is 5.51. The topological polar surface area (TPSA) is 71.2 Å². The van der Waals surface area contributed by atoms with Gasteiger partial charge in [0.05, 0.1) is 11.8 Å². The van der Waals surface area contributed by atoms with Crippen LogP contribution in [0.5, 0.6) is 0 Å². The molecule has 2 saturated heterocycles. The Kier molecular flexibility index (Phi) is 3.56. The Bertz CT molecular complexity index is 522. The maximum atomic E-state index is 13.2. The number of nitrogens with two attached hydrogens (primary N) is 1. The maximum Gasteiger partial charge on any atom is 0.255 e. The number of fused-ring (bicyclic) bond motifs is 1. The molecule has 2 atom stereocenters. The molecule has 1 aromatic rings. The minimum atomic E-state index is -0.546. The molecule has 0 radical (unpaired) electrons. The van der Waals surface area contributed by atoms with Gasteiger partial charge in [-0.25, -0.2) is 9.37 Å². The first-order valence-electron chi connectivity index (χ1n) is 7.11. The van der Waals surface area contributed by atoms with Crippen molar-refractivity contribution in [3.8, 4) is 0 Å². The highest BCUT2D eigenvalue weighted by Gasteiger charge is 2.36. The fraction of sp³-hybridized carbons (Fsp3) is 0.571. The summed E-state index contributed by atoms with van der Waals surface area (Å²) in [4.78, 5) is 18.4. The molecule has 2 aliphatic heterocycles. The Balaban J connectivity index is 1.71. The number of carbonyl (C=O) groups excluding carboxylic acids is 1. The van der Waals surface area contributed by atoms with Crippen LogP contribution >= 0.6 is 0 Å². The molecule has 3 rings (SSSR count). The lowest BCUT2D eigenvalue weighted by Crippen LogP contribution is -2.46. The van der Waals surface area contributed by atoms with Crippen molar-refractivity contribution in [2.45, 2.75) is 37.8 Å². The highest BCUT2D eigenvalue weighted by atomic mass is 19.1. The van der Waals surface area contributed by atoms with Gasteiger partial charge in [-0.1, -0.05) is 6.42 Å². The van der Waals surface area contributed by atoms with Crippen LogP contribution < -0.4 is 11.1 Å². The van der Waals surface area contributed by atoms with E-state index in [1.165, 1.54) is 12.8 Å². The number of anilines is 1. The molecule has 1 amide bonds. The first kappa shape index (κ1) is 13.3. The lowest BCUT2D eigenvalue weighted by atomic mass is 9.99. The fourth-order valence-electron chi connectivity index (χ4n) is 3.29. The van der Waals surface area contributed by atoms with E-state index >= 15 is 0 Å². The number of piperidine rings is 1. The van der Waals surface area contributed by atoms with Crippen LogP contribution in [0.25, 0.3) is 0 Å². The number of hydrogen-bond acceptors (Lipinski definition) is 4. The van der Waals surface area contributed by atoms with Crippen LogP contribution in [0, 0.1) is 5.82 Å². The zero-order chi connectivity index (χ0) is 14.1. The van der Waals surface area contributed by atoms with Gasteiger partial charge in [0.15, 0.2) is 0 Å². The highest BCUT2D eigenvalue weighted by Crippen LogP contribution is 2.27. The van der Waals surface area contributed by atoms with Gasteiger partial charge in [0.1, 0.15) is 11.6 Å². The predicted molar refractivity (Wildman–Crippen MR) is 73.7 cm³/mol. The van der Waals surface area contributed by atoms with E-state index in [4.69, 9.17) is 5.73 Å². The van der Waals surface area contributed by atoms with E-state index in [0.29, 0.717) is 6.04 Å². The summed E-state index contributed by atoms with van der Waals surface area (Å²) < 4.78 is 13.2. The Hall–Kier alpha value is -1.69. The van der Waals surface area contributed by atoms with Crippen molar-refractivity contribution in [1.29, 1.82) is 0 Å². The largest absolute Gasteiger partial charge is 0.383 e. The quantitative estimate of drug-likeness (QED) is 0.851. The van der Waals surface area contributed by atoms with Gasteiger partial charge in [0.25, 0.3) is 5.91 Å². The number of aromatic nitrogens is 1. The molecular formula is C14H19FN4O. The van der Waals surface area contributed by atoms with E-state index in [1.54, 1.807) is 0 Å². The molecule has 0 aliphatic carbocycles. The van der Waals surface area contributed by atoms with E-state index in [2.05, 4.69) is 15.2 Å². The molecule has 0 spiro atoms. The maximum absolute atomic E-state index is 13.2. The van der Waals surface area contributed by atoms with Gasteiger partial charge in [-0.05, 0) is 31.9 Å². The molecule has 1 aromatic heterocycles. The van der Waals surface area contributed by atoms with E-state index in [-0.39, 0.29) is 23.3 Å². The molecule has 3 N–H and O–H groups in total. The van der Waals surface area contributed by atoms with Crippen molar-refractivity contribution in [3.05, 3.63) is 23.6 Å². The van der Waals surface area contributed by atoms with Gasteiger partial charge in [0, 0.05) is 18.6 Å². The van der Waals surface area contributed by atoms with E-state index < -0.39 is 5.82 Å². The van der Waals surface area contributed by atoms with Crippen LogP contribution in [-0.2, 0) is 0 Å². The summed E-state index contributed by atoms with van der Waals surface area (Å²) in [6.45, 7) is 2.13. The van der Waals surface area contributed by atoms with Gasteiger partial charge in [0.2, 0.25) is 0 Å². The molecule has 2 aliphatic rings. The molecule has 6 heteroatoms. The van der Waals surface area contributed by atoms with Crippen LogP contribution in [0.15, 0.2) is 12.3 Å². The summed E-state index contributed by atoms with van der Waals surface area (Å²) in [6, 6.07) is 1.69. The van der Waals surface area contributed by atoms with Crippen molar-refractivity contribution >= 4 is 11.7 Å². The van der Waals surface area contributed by atoms with Gasteiger partial charge < -0.3 is 11.1 Å². The van der Waals surface area contributed by atoms with Gasteiger partial charge in [-0.15, -0.1) is 0 Å². The van der Waals surface area contributed by atoms with Crippen molar-refractivity contribution in [2.24, 2.45) is 0 Å². The third kappa shape index (κ3) is 2.47. The second kappa shape index (κ2) is 5.36. The highest BCUT2D eigenvalue weighted by molar-refractivity contribution is 5.98. The minimum Gasteiger partial charge on any atom is -0.383 e. The van der Waals surface area contributed by atoms with Crippen LogP contribution in [0.4, 0.5) is 10.2 Å². The number of nitrogen functional groups attached to an aromatic ring is 1. The van der Waals surface area contributed by atoms with Gasteiger partial charge in [-0.2, -0.15) is 0 Å². The average Bonchev–Trinajstić information content (AvgIpc) is 2.85. The second-order valence-electron chi connectivity index (χ2n) is 5.55. The van der Waals surface area contributed by atoms with Crippen molar-refractivity contribution < 1.29 is 9.18 Å². The molecule has 20 heavy (non-hydrogen) atoms. The lowest BCUT2D eigenvalue weighted by Gasteiger charge is -2.32. The molecule has 3 heterocycles. The number of rotatable bonds is 2. The third-order valence-electron chi connectivity index (χ3n) is 4.30. The Morgan fingerprint density at radius 2 is 2.25 bits per heavy atom. The molecule has 2 fully saturated rings. The van der Waals surface area contributed by atoms with Crippen molar-refractivity contribution in [1.82, 2.24) is 15.2 Å². The van der Waals surface area contributed by atoms with Crippen LogP contribution in [0.1, 0.15) is 36.0 Å². The number of nitrogens with one attached hydrogen (secondary N) is 1. The van der Waals surface area contributed by atoms with Crippen molar-refractivity contribution in [3.63, 3.8) is 0 Å². The third-order valence-corrected chi connectivity index (χ3v) is 4.30. The lowest BCUT2D eigenvalue weighted by molar-refractivity contribution is 0.0915. The summed E-state index contributed by atoms with van der Waals surface area (Å²) in [5.41, 5.74) is 5.77. The number of pyridine rings is 1. The molecule has 2 unspecified atom stereocenters. The van der Waals surface area contributed by atoms with E-state index in [1.807, 2.05) is 0 Å². The summed E-state index contributed by atoms with van der Waals surface area (Å²) in [5.74, 6) is -0.801. The number of amides is 1. The monoisotopic (exact) mass is 278 g/mol. The van der Waals surface area contributed by atoms with Crippen LogP contribution in [0.3, 0.4) is 0 Å². The fourth-order valence-corrected chi connectivity index (χ4v) is 3.29. The number of halogens is 1. The summed E-state index contributed by atoms with van der Waals surface area (Å²) in [5, 5.41) is 3.00. The summed E-state index contributed by atoms with van der Waals surface area (Å²) in [7, 11) is 0. The normalized spacial score (nSPS) is 26.2. The zero-order valence-corrected chi connectivity index (χ0v) is 11.3. The smallest absolute Gasteiger partial charge is 0.255 e. The second-order valence-corrected chi connectivity index (χ2v) is 5.55. The van der Waals surface area contributed by atoms with Crippen LogP contribution in [-0.4, -0.2) is 41.0 Å². The van der Waals surface area contributed by atoms with Gasteiger partial charge >= 0.3 is 0 Å². The number of carbonyl (C=O) groups is 1. The first-order valence-corrected chi connectivity index (χ1v) is 7.11. The predicted octanol–water partition coefficient (Wildman–Crippen LogP) is 1.16. The zero-order valence-electron chi connectivity index (χ0n) is 11.3. The number of nitrogens with zero attached hydrogens (tertiary/aromatic N) is 2. The molecule has 0 aromatic carbocycles. The SMILES string of the molecule is Nc1ncc(F)cc1C(=O)NC1CCN2CCCCC12.